The predicted molar refractivity (Wildman–Crippen MR) is 47.2 cm³/mol. The van der Waals surface area contributed by atoms with Gasteiger partial charge in [-0.3, -0.25) is 0 Å². The Balaban J connectivity index is 2.45. The number of thioether (sulfide) groups is 1. The van der Waals surface area contributed by atoms with Crippen molar-refractivity contribution >= 4 is 23.7 Å². The van der Waals surface area contributed by atoms with Crippen LogP contribution in [0.15, 0.2) is 0 Å². The van der Waals surface area contributed by atoms with Crippen LogP contribution >= 0.6 is 11.8 Å². The summed E-state index contributed by atoms with van der Waals surface area (Å²) in [5.41, 5.74) is 0. The van der Waals surface area contributed by atoms with Gasteiger partial charge in [0.2, 0.25) is 0 Å². The molecule has 14 heavy (non-hydrogen) atoms. The fourth-order valence-electron chi connectivity index (χ4n) is 0.919. The van der Waals surface area contributed by atoms with Crippen molar-refractivity contribution in [2.24, 2.45) is 0 Å². The Bertz CT molecular complexity index is 210. The van der Waals surface area contributed by atoms with Gasteiger partial charge in [-0.15, -0.1) is 0 Å². The van der Waals surface area contributed by atoms with Gasteiger partial charge in [0, 0.05) is 11.5 Å². The molecule has 0 bridgehead atoms. The molecule has 1 aliphatic heterocycles. The lowest BCUT2D eigenvalue weighted by Gasteiger charge is -2.23. The summed E-state index contributed by atoms with van der Waals surface area (Å²) in [6, 6.07) is 0. The fraction of sp³-hybridized carbons (Fsp3) is 0.714. The molecule has 2 N–H and O–H groups in total. The number of carboxylic acid groups (broad SMARTS) is 2. The molecule has 80 valence electrons. The summed E-state index contributed by atoms with van der Waals surface area (Å²) in [5.74, 6) is -1.77. The number of carboxylic acids is 2. The Hall–Kier alpha value is -0.790. The van der Waals surface area contributed by atoms with Crippen LogP contribution in [-0.4, -0.2) is 52.7 Å². The number of aliphatic carboxylic acids is 2. The molecular formula is C7H10O6S. The molecule has 0 aromatic carbocycles. The van der Waals surface area contributed by atoms with Crippen molar-refractivity contribution in [2.45, 2.75) is 12.4 Å². The number of carbonyl (C=O) groups is 2. The van der Waals surface area contributed by atoms with E-state index < -0.39 is 24.3 Å². The third-order valence-corrected chi connectivity index (χ3v) is 2.49. The van der Waals surface area contributed by atoms with Crippen molar-refractivity contribution in [3.8, 4) is 0 Å². The van der Waals surface area contributed by atoms with Crippen molar-refractivity contribution in [1.29, 1.82) is 0 Å². The monoisotopic (exact) mass is 222 g/mol. The second-order valence-electron chi connectivity index (χ2n) is 2.57. The Morgan fingerprint density at radius 2 is 2.07 bits per heavy atom. The van der Waals surface area contributed by atoms with E-state index in [2.05, 4.69) is 0 Å². The maximum atomic E-state index is 10.4. The summed E-state index contributed by atoms with van der Waals surface area (Å²) in [5, 5.41) is 17.0. The maximum Gasteiger partial charge on any atom is 0.344 e. The fourth-order valence-corrected chi connectivity index (χ4v) is 1.67. The third-order valence-electron chi connectivity index (χ3n) is 1.52. The van der Waals surface area contributed by atoms with Crippen molar-refractivity contribution < 1.29 is 29.3 Å². The Labute approximate surface area is 84.2 Å². The zero-order valence-corrected chi connectivity index (χ0v) is 8.03. The molecule has 1 heterocycles. The van der Waals surface area contributed by atoms with Crippen LogP contribution in [0.1, 0.15) is 0 Å². The van der Waals surface area contributed by atoms with Crippen LogP contribution in [0.3, 0.4) is 0 Å². The minimum atomic E-state index is -1.85. The normalized spacial score (nSPS) is 22.2. The molecule has 0 spiro atoms. The molecule has 0 saturated carbocycles. The Morgan fingerprint density at radius 3 is 2.50 bits per heavy atom. The van der Waals surface area contributed by atoms with Crippen LogP contribution in [-0.2, 0) is 19.1 Å². The molecule has 0 aliphatic carbocycles. The van der Waals surface area contributed by atoms with Gasteiger partial charge in [-0.25, -0.2) is 9.59 Å². The predicted octanol–water partition coefficient (Wildman–Crippen LogP) is -0.370. The topological polar surface area (TPSA) is 93.1 Å². The van der Waals surface area contributed by atoms with Gasteiger partial charge in [-0.2, -0.15) is 11.8 Å². The molecule has 1 unspecified atom stereocenters. The summed E-state index contributed by atoms with van der Waals surface area (Å²) < 4.78 is 9.81. The van der Waals surface area contributed by atoms with E-state index in [0.717, 1.165) is 5.75 Å². The molecule has 1 atom stereocenters. The summed E-state index contributed by atoms with van der Waals surface area (Å²) in [7, 11) is 0. The summed E-state index contributed by atoms with van der Waals surface area (Å²) in [6.07, 6.45) is -2.59. The first kappa shape index (κ1) is 11.3. The molecule has 6 nitrogen and oxygen atoms in total. The highest BCUT2D eigenvalue weighted by Gasteiger charge is 2.31. The van der Waals surface area contributed by atoms with Crippen LogP contribution in [0.25, 0.3) is 0 Å². The van der Waals surface area contributed by atoms with E-state index in [1.807, 2.05) is 0 Å². The second kappa shape index (κ2) is 5.18. The summed E-state index contributed by atoms with van der Waals surface area (Å²) in [4.78, 5) is 20.9. The van der Waals surface area contributed by atoms with E-state index in [1.54, 1.807) is 0 Å². The molecule has 7 heteroatoms. The molecule has 0 radical (unpaired) electrons. The lowest BCUT2D eigenvalue weighted by atomic mass is 10.4. The summed E-state index contributed by atoms with van der Waals surface area (Å²) in [6.45, 7) is 0.446. The Kier molecular flexibility index (Phi) is 4.18. The largest absolute Gasteiger partial charge is 0.479 e. The van der Waals surface area contributed by atoms with Crippen LogP contribution in [0, 0.1) is 0 Å². The standard InChI is InChI=1S/C7H10O6S/c8-6(9)5(7(10)11)13-4-3-14-2-1-12-4/h4-5H,1-3H2,(H,8,9)(H,10,11). The van der Waals surface area contributed by atoms with E-state index in [9.17, 15) is 9.59 Å². The van der Waals surface area contributed by atoms with E-state index >= 15 is 0 Å². The van der Waals surface area contributed by atoms with Crippen molar-refractivity contribution in [1.82, 2.24) is 0 Å². The average Bonchev–Trinajstić information content (AvgIpc) is 2.15. The number of ether oxygens (including phenoxy) is 2. The first-order chi connectivity index (χ1) is 6.61. The molecule has 0 aromatic heterocycles. The van der Waals surface area contributed by atoms with Crippen molar-refractivity contribution in [3.05, 3.63) is 0 Å². The zero-order valence-electron chi connectivity index (χ0n) is 7.21. The quantitative estimate of drug-likeness (QED) is 0.627. The lowest BCUT2D eigenvalue weighted by Crippen LogP contribution is -2.39. The van der Waals surface area contributed by atoms with E-state index in [-0.39, 0.29) is 0 Å². The number of hydrogen-bond acceptors (Lipinski definition) is 5. The van der Waals surface area contributed by atoms with Gasteiger partial charge in [0.1, 0.15) is 0 Å². The van der Waals surface area contributed by atoms with Crippen LogP contribution in [0.2, 0.25) is 0 Å². The highest BCUT2D eigenvalue weighted by atomic mass is 32.2. The van der Waals surface area contributed by atoms with Gasteiger partial charge in [-0.05, 0) is 0 Å². The minimum Gasteiger partial charge on any atom is -0.479 e. The van der Waals surface area contributed by atoms with E-state index in [1.165, 1.54) is 11.8 Å². The first-order valence-electron chi connectivity index (χ1n) is 3.91. The highest BCUT2D eigenvalue weighted by Crippen LogP contribution is 2.15. The van der Waals surface area contributed by atoms with Gasteiger partial charge in [-0.1, -0.05) is 0 Å². The molecule has 1 aliphatic rings. The molecule has 1 fully saturated rings. The SMILES string of the molecule is O=C(O)C(OC1CSCCO1)C(=O)O. The second-order valence-corrected chi connectivity index (χ2v) is 3.72. The van der Waals surface area contributed by atoms with Gasteiger partial charge in [0.05, 0.1) is 6.61 Å². The Morgan fingerprint density at radius 1 is 1.43 bits per heavy atom. The van der Waals surface area contributed by atoms with E-state index in [0.29, 0.717) is 12.4 Å². The zero-order chi connectivity index (χ0) is 10.6. The molecular weight excluding hydrogens is 212 g/mol. The lowest BCUT2D eigenvalue weighted by molar-refractivity contribution is -0.194. The van der Waals surface area contributed by atoms with Gasteiger partial charge < -0.3 is 19.7 Å². The number of hydrogen-bond donors (Lipinski definition) is 2. The van der Waals surface area contributed by atoms with Gasteiger partial charge >= 0.3 is 11.9 Å². The summed E-state index contributed by atoms with van der Waals surface area (Å²) >= 11 is 1.53. The molecule has 1 rings (SSSR count). The smallest absolute Gasteiger partial charge is 0.344 e. The van der Waals surface area contributed by atoms with Crippen LogP contribution in [0.5, 0.6) is 0 Å². The average molecular weight is 222 g/mol. The van der Waals surface area contributed by atoms with E-state index in [4.69, 9.17) is 19.7 Å². The maximum absolute atomic E-state index is 10.4. The van der Waals surface area contributed by atoms with Crippen LogP contribution < -0.4 is 0 Å². The van der Waals surface area contributed by atoms with Gasteiger partial charge in [0.25, 0.3) is 6.10 Å². The van der Waals surface area contributed by atoms with Crippen LogP contribution in [0.4, 0.5) is 0 Å². The van der Waals surface area contributed by atoms with Crippen molar-refractivity contribution in [2.75, 3.05) is 18.1 Å². The van der Waals surface area contributed by atoms with Crippen molar-refractivity contribution in [3.63, 3.8) is 0 Å². The molecule has 0 amide bonds. The third kappa shape index (κ3) is 3.17. The first-order valence-corrected chi connectivity index (χ1v) is 5.07. The highest BCUT2D eigenvalue weighted by molar-refractivity contribution is 7.99. The molecule has 1 saturated heterocycles. The van der Waals surface area contributed by atoms with Gasteiger partial charge in [0.15, 0.2) is 6.29 Å². The number of rotatable bonds is 4. The minimum absolute atomic E-state index is 0.446. The molecule has 0 aromatic rings.